The summed E-state index contributed by atoms with van der Waals surface area (Å²) < 4.78 is 7.18. The lowest BCUT2D eigenvalue weighted by molar-refractivity contribution is -0.130. The molecule has 33 heavy (non-hydrogen) atoms. The Morgan fingerprint density at radius 2 is 1.97 bits per heavy atom. The second-order valence-electron chi connectivity index (χ2n) is 8.03. The van der Waals surface area contributed by atoms with Crippen LogP contribution in [-0.2, 0) is 11.3 Å². The zero-order valence-corrected chi connectivity index (χ0v) is 20.5. The van der Waals surface area contributed by atoms with Gasteiger partial charge in [-0.3, -0.25) is 9.78 Å². The smallest absolute Gasteiger partial charge is 0.232 e. The summed E-state index contributed by atoms with van der Waals surface area (Å²) in [5.74, 6) is 2.61. The van der Waals surface area contributed by atoms with Crippen molar-refractivity contribution in [2.75, 3.05) is 25.7 Å². The lowest BCUT2D eigenvalue weighted by Gasteiger charge is -2.29. The molecule has 0 aliphatic heterocycles. The number of pyridine rings is 1. The Kier molecular flexibility index (Phi) is 7.88. The summed E-state index contributed by atoms with van der Waals surface area (Å²) in [5.41, 5.74) is 1.73. The van der Waals surface area contributed by atoms with Crippen LogP contribution in [0.3, 0.4) is 0 Å². The van der Waals surface area contributed by atoms with Crippen molar-refractivity contribution in [3.8, 4) is 28.5 Å². The van der Waals surface area contributed by atoms with E-state index >= 15 is 0 Å². The van der Waals surface area contributed by atoms with Crippen molar-refractivity contribution in [1.82, 2.24) is 24.6 Å². The first-order valence-corrected chi connectivity index (χ1v) is 12.9. The van der Waals surface area contributed by atoms with Gasteiger partial charge in [0.05, 0.1) is 24.4 Å². The van der Waals surface area contributed by atoms with Crippen LogP contribution in [0.2, 0.25) is 5.02 Å². The standard InChI is InChI=1S/C24H28ClN5O2S/c1-32-21-8-7-18(15-20(21)25)24-27-23(17-9-11-26-12-10-17)28-30(24)14-13-29(22(31)16-33-2)19-5-3-4-6-19/h7-12,15,19H,3-6,13-14,16H2,1-2H3. The first-order chi connectivity index (χ1) is 16.1. The minimum Gasteiger partial charge on any atom is -0.495 e. The molecular weight excluding hydrogens is 458 g/mol. The van der Waals surface area contributed by atoms with E-state index in [1.54, 1.807) is 31.3 Å². The topological polar surface area (TPSA) is 73.1 Å². The second kappa shape index (κ2) is 11.0. The van der Waals surface area contributed by atoms with Crippen molar-refractivity contribution in [2.24, 2.45) is 0 Å². The van der Waals surface area contributed by atoms with Crippen molar-refractivity contribution in [2.45, 2.75) is 38.3 Å². The maximum Gasteiger partial charge on any atom is 0.232 e. The van der Waals surface area contributed by atoms with Gasteiger partial charge < -0.3 is 9.64 Å². The summed E-state index contributed by atoms with van der Waals surface area (Å²) in [7, 11) is 1.59. The third-order valence-electron chi connectivity index (χ3n) is 5.93. The number of aromatic nitrogens is 4. The molecule has 7 nitrogen and oxygen atoms in total. The zero-order valence-electron chi connectivity index (χ0n) is 18.9. The fourth-order valence-electron chi connectivity index (χ4n) is 4.28. The van der Waals surface area contributed by atoms with Gasteiger partial charge in [0.15, 0.2) is 11.6 Å². The minimum absolute atomic E-state index is 0.193. The van der Waals surface area contributed by atoms with Crippen LogP contribution >= 0.6 is 23.4 Å². The highest BCUT2D eigenvalue weighted by molar-refractivity contribution is 7.99. The Labute approximate surface area is 203 Å². The molecule has 0 unspecified atom stereocenters. The molecule has 2 heterocycles. The van der Waals surface area contributed by atoms with Gasteiger partial charge in [-0.25, -0.2) is 9.67 Å². The van der Waals surface area contributed by atoms with E-state index in [2.05, 4.69) is 4.98 Å². The first-order valence-electron chi connectivity index (χ1n) is 11.1. The molecule has 4 rings (SSSR count). The van der Waals surface area contributed by atoms with E-state index in [0.717, 1.165) is 24.0 Å². The molecule has 0 atom stereocenters. The molecule has 1 aromatic carbocycles. The quantitative estimate of drug-likeness (QED) is 0.433. The lowest BCUT2D eigenvalue weighted by atomic mass is 10.2. The Balaban J connectivity index is 1.66. The largest absolute Gasteiger partial charge is 0.495 e. The van der Waals surface area contributed by atoms with Crippen LogP contribution in [0.1, 0.15) is 25.7 Å². The summed E-state index contributed by atoms with van der Waals surface area (Å²) in [6.07, 6.45) is 9.92. The number of nitrogens with zero attached hydrogens (tertiary/aromatic N) is 5. The number of carbonyl (C=O) groups excluding carboxylic acids is 1. The van der Waals surface area contributed by atoms with E-state index < -0.39 is 0 Å². The second-order valence-corrected chi connectivity index (χ2v) is 9.30. The molecule has 9 heteroatoms. The molecule has 1 fully saturated rings. The molecule has 0 radical (unpaired) electrons. The van der Waals surface area contributed by atoms with Crippen molar-refractivity contribution in [1.29, 1.82) is 0 Å². The molecule has 0 saturated heterocycles. The van der Waals surface area contributed by atoms with Crippen LogP contribution < -0.4 is 4.74 Å². The molecule has 1 amide bonds. The Morgan fingerprint density at radius 1 is 1.21 bits per heavy atom. The predicted octanol–water partition coefficient (Wildman–Crippen LogP) is 4.80. The molecule has 0 N–H and O–H groups in total. The van der Waals surface area contributed by atoms with E-state index in [0.29, 0.717) is 47.3 Å². The van der Waals surface area contributed by atoms with Crippen LogP contribution in [0.15, 0.2) is 42.7 Å². The van der Waals surface area contributed by atoms with Gasteiger partial charge in [0.1, 0.15) is 5.75 Å². The summed E-state index contributed by atoms with van der Waals surface area (Å²) in [6, 6.07) is 9.68. The van der Waals surface area contributed by atoms with Crippen LogP contribution in [0, 0.1) is 0 Å². The fourth-order valence-corrected chi connectivity index (χ4v) is 4.95. The molecule has 0 bridgehead atoms. The van der Waals surface area contributed by atoms with Crippen molar-refractivity contribution < 1.29 is 9.53 Å². The Hall–Kier alpha value is -2.58. The predicted molar refractivity (Wildman–Crippen MR) is 133 cm³/mol. The van der Waals surface area contributed by atoms with Gasteiger partial charge in [0, 0.05) is 36.1 Å². The maximum atomic E-state index is 12.9. The number of amides is 1. The zero-order chi connectivity index (χ0) is 23.2. The molecular formula is C24H28ClN5O2S. The summed E-state index contributed by atoms with van der Waals surface area (Å²) in [5, 5.41) is 5.31. The number of thioether (sulfide) groups is 1. The average molecular weight is 486 g/mol. The number of hydrogen-bond donors (Lipinski definition) is 0. The summed E-state index contributed by atoms with van der Waals surface area (Å²) in [4.78, 5) is 23.8. The highest BCUT2D eigenvalue weighted by Crippen LogP contribution is 2.31. The van der Waals surface area contributed by atoms with Crippen LogP contribution in [0.25, 0.3) is 22.8 Å². The summed E-state index contributed by atoms with van der Waals surface area (Å²) in [6.45, 7) is 1.15. The van der Waals surface area contributed by atoms with E-state index in [4.69, 9.17) is 26.4 Å². The molecule has 1 saturated carbocycles. The van der Waals surface area contributed by atoms with Gasteiger partial charge >= 0.3 is 0 Å². The maximum absolute atomic E-state index is 12.9. The van der Waals surface area contributed by atoms with Crippen molar-refractivity contribution in [3.05, 3.63) is 47.7 Å². The van der Waals surface area contributed by atoms with Crippen LogP contribution in [-0.4, -0.2) is 62.3 Å². The SMILES string of the molecule is COc1ccc(-c2nc(-c3ccncc3)nn2CCN(C(=O)CSC)C2CCCC2)cc1Cl. The van der Waals surface area contributed by atoms with E-state index in [9.17, 15) is 4.79 Å². The highest BCUT2D eigenvalue weighted by atomic mass is 35.5. The Morgan fingerprint density at radius 3 is 2.64 bits per heavy atom. The lowest BCUT2D eigenvalue weighted by Crippen LogP contribution is -2.42. The van der Waals surface area contributed by atoms with Gasteiger partial charge in [0.2, 0.25) is 5.91 Å². The fraction of sp³-hybridized carbons (Fsp3) is 0.417. The molecule has 3 aromatic rings. The molecule has 174 valence electrons. The van der Waals surface area contributed by atoms with E-state index in [1.165, 1.54) is 12.8 Å². The highest BCUT2D eigenvalue weighted by Gasteiger charge is 2.26. The molecule has 0 spiro atoms. The third kappa shape index (κ3) is 5.50. The van der Waals surface area contributed by atoms with Gasteiger partial charge in [-0.2, -0.15) is 16.9 Å². The Bertz CT molecular complexity index is 1090. The van der Waals surface area contributed by atoms with Crippen molar-refractivity contribution in [3.63, 3.8) is 0 Å². The van der Waals surface area contributed by atoms with Gasteiger partial charge in [0.25, 0.3) is 0 Å². The minimum atomic E-state index is 0.193. The number of rotatable bonds is 9. The molecule has 1 aliphatic carbocycles. The van der Waals surface area contributed by atoms with Gasteiger partial charge in [-0.1, -0.05) is 24.4 Å². The number of ether oxygens (including phenoxy) is 1. The number of carbonyl (C=O) groups is 1. The number of halogens is 1. The van der Waals surface area contributed by atoms with Gasteiger partial charge in [-0.15, -0.1) is 0 Å². The van der Waals surface area contributed by atoms with Crippen LogP contribution in [0.4, 0.5) is 0 Å². The molecule has 2 aromatic heterocycles. The van der Waals surface area contributed by atoms with E-state index in [-0.39, 0.29) is 5.91 Å². The average Bonchev–Trinajstić information content (AvgIpc) is 3.51. The number of hydrogen-bond acceptors (Lipinski definition) is 6. The normalized spacial score (nSPS) is 13.9. The van der Waals surface area contributed by atoms with Crippen molar-refractivity contribution >= 4 is 29.3 Å². The van der Waals surface area contributed by atoms with Crippen LogP contribution in [0.5, 0.6) is 5.75 Å². The number of methoxy groups -OCH3 is 1. The number of benzene rings is 1. The summed E-state index contributed by atoms with van der Waals surface area (Å²) >= 11 is 7.97. The monoisotopic (exact) mass is 485 g/mol. The third-order valence-corrected chi connectivity index (χ3v) is 6.76. The molecule has 1 aliphatic rings. The first kappa shape index (κ1) is 23.6. The van der Waals surface area contributed by atoms with E-state index in [1.807, 2.05) is 46.2 Å². The van der Waals surface area contributed by atoms with Gasteiger partial charge in [-0.05, 0) is 49.4 Å².